The van der Waals surface area contributed by atoms with E-state index in [0.717, 1.165) is 37.1 Å². The summed E-state index contributed by atoms with van der Waals surface area (Å²) >= 11 is 1.18. The first-order chi connectivity index (χ1) is 14.3. The van der Waals surface area contributed by atoms with Gasteiger partial charge in [0.15, 0.2) is 0 Å². The molecule has 0 aromatic carbocycles. The number of unbranched alkanes of at least 4 members (excludes halogenated alkanes) is 3. The van der Waals surface area contributed by atoms with E-state index < -0.39 is 6.04 Å². The number of likely N-dealkylation sites (N-methyl/N-ethyl adjacent to an activating group) is 1. The van der Waals surface area contributed by atoms with Gasteiger partial charge in [-0.15, -0.1) is 4.37 Å². The third-order valence-corrected chi connectivity index (χ3v) is 6.77. The molecular formula is C22H39N4O3S+. The summed E-state index contributed by atoms with van der Waals surface area (Å²) in [6.45, 7) is 10.4. The number of ether oxygens (including phenoxy) is 2. The van der Waals surface area contributed by atoms with Crippen molar-refractivity contribution < 1.29 is 18.8 Å². The van der Waals surface area contributed by atoms with Gasteiger partial charge in [-0.2, -0.15) is 4.37 Å². The second-order valence-electron chi connectivity index (χ2n) is 8.65. The lowest BCUT2D eigenvalue weighted by Crippen LogP contribution is -2.56. The zero-order valence-electron chi connectivity index (χ0n) is 19.2. The molecule has 0 aliphatic carbocycles. The highest BCUT2D eigenvalue weighted by atomic mass is 32.1. The summed E-state index contributed by atoms with van der Waals surface area (Å²) in [4.78, 5) is 12.5. The van der Waals surface area contributed by atoms with Crippen molar-refractivity contribution >= 4 is 23.3 Å². The van der Waals surface area contributed by atoms with Gasteiger partial charge >= 0.3 is 5.97 Å². The lowest BCUT2D eigenvalue weighted by molar-refractivity contribution is -0.944. The lowest BCUT2D eigenvalue weighted by Gasteiger charge is -2.41. The SMILES string of the molecule is CCCCCCOc1nsnc1C1=CCC[N+](C)([C@@H](C)OC(=O)[C@@H](N)[C@@H](C)CC)C1. The Kier molecular flexibility index (Phi) is 9.71. The molecule has 1 unspecified atom stereocenters. The predicted octanol–water partition coefficient (Wildman–Crippen LogP) is 3.99. The van der Waals surface area contributed by atoms with E-state index in [1.165, 1.54) is 31.0 Å². The molecule has 0 fully saturated rings. The van der Waals surface area contributed by atoms with Gasteiger partial charge < -0.3 is 15.2 Å². The molecule has 2 rings (SSSR count). The number of nitrogens with two attached hydrogens (primary N) is 1. The van der Waals surface area contributed by atoms with Gasteiger partial charge in [-0.05, 0) is 12.3 Å². The number of rotatable bonds is 12. The molecule has 1 aromatic heterocycles. The Morgan fingerprint density at radius 1 is 1.27 bits per heavy atom. The van der Waals surface area contributed by atoms with E-state index in [9.17, 15) is 4.79 Å². The summed E-state index contributed by atoms with van der Waals surface area (Å²) in [6.07, 6.45) is 8.28. The zero-order chi connectivity index (χ0) is 22.1. The Bertz CT molecular complexity index is 708. The van der Waals surface area contributed by atoms with Crippen LogP contribution >= 0.6 is 11.7 Å². The van der Waals surface area contributed by atoms with Crippen LogP contribution in [0.3, 0.4) is 0 Å². The maximum Gasteiger partial charge on any atom is 0.327 e. The highest BCUT2D eigenvalue weighted by Gasteiger charge is 2.37. The number of nitrogens with zero attached hydrogens (tertiary/aromatic N) is 3. The van der Waals surface area contributed by atoms with Crippen LogP contribution in [0.15, 0.2) is 6.08 Å². The quantitative estimate of drug-likeness (QED) is 0.301. The zero-order valence-corrected chi connectivity index (χ0v) is 20.0. The van der Waals surface area contributed by atoms with Crippen molar-refractivity contribution in [3.05, 3.63) is 11.8 Å². The van der Waals surface area contributed by atoms with Gasteiger partial charge in [-0.25, -0.2) is 0 Å². The third kappa shape index (κ3) is 6.49. The molecule has 0 saturated heterocycles. The molecular weight excluding hydrogens is 400 g/mol. The average molecular weight is 440 g/mol. The summed E-state index contributed by atoms with van der Waals surface area (Å²) in [5.41, 5.74) is 8.00. The number of hydrogen-bond donors (Lipinski definition) is 1. The van der Waals surface area contributed by atoms with Crippen LogP contribution < -0.4 is 10.5 Å². The van der Waals surface area contributed by atoms with Gasteiger partial charge in [0.2, 0.25) is 6.23 Å². The molecule has 1 aromatic rings. The minimum absolute atomic E-state index is 0.102. The van der Waals surface area contributed by atoms with Crippen molar-refractivity contribution in [2.24, 2.45) is 11.7 Å². The third-order valence-electron chi connectivity index (χ3n) is 6.26. The van der Waals surface area contributed by atoms with Gasteiger partial charge in [0.25, 0.3) is 5.88 Å². The highest BCUT2D eigenvalue weighted by molar-refractivity contribution is 6.99. The van der Waals surface area contributed by atoms with E-state index in [2.05, 4.69) is 28.8 Å². The molecule has 170 valence electrons. The minimum Gasteiger partial charge on any atom is -0.475 e. The van der Waals surface area contributed by atoms with E-state index in [-0.39, 0.29) is 18.1 Å². The Balaban J connectivity index is 2.00. The van der Waals surface area contributed by atoms with Gasteiger partial charge in [-0.1, -0.05) is 52.5 Å². The van der Waals surface area contributed by atoms with E-state index in [1.807, 2.05) is 20.8 Å². The number of aromatic nitrogens is 2. The van der Waals surface area contributed by atoms with Crippen molar-refractivity contribution in [2.75, 3.05) is 26.7 Å². The number of esters is 1. The topological polar surface area (TPSA) is 87.3 Å². The fourth-order valence-electron chi connectivity index (χ4n) is 3.58. The van der Waals surface area contributed by atoms with Crippen LogP contribution in [0.4, 0.5) is 0 Å². The smallest absolute Gasteiger partial charge is 0.327 e. The molecule has 0 spiro atoms. The predicted molar refractivity (Wildman–Crippen MR) is 121 cm³/mol. The average Bonchev–Trinajstić information content (AvgIpc) is 3.21. The normalized spacial score (nSPS) is 22.1. The van der Waals surface area contributed by atoms with Gasteiger partial charge in [-0.3, -0.25) is 9.28 Å². The van der Waals surface area contributed by atoms with Crippen LogP contribution in [0.25, 0.3) is 5.57 Å². The van der Waals surface area contributed by atoms with E-state index in [4.69, 9.17) is 15.2 Å². The second-order valence-corrected chi connectivity index (χ2v) is 9.18. The number of carbonyl (C=O) groups excluding carboxylic acids is 1. The number of carbonyl (C=O) groups is 1. The molecule has 2 N–H and O–H groups in total. The van der Waals surface area contributed by atoms with Gasteiger partial charge in [0.1, 0.15) is 18.3 Å². The Labute approximate surface area is 185 Å². The van der Waals surface area contributed by atoms with Gasteiger partial charge in [0, 0.05) is 18.9 Å². The van der Waals surface area contributed by atoms with Crippen molar-refractivity contribution in [3.63, 3.8) is 0 Å². The molecule has 0 amide bonds. The lowest BCUT2D eigenvalue weighted by atomic mass is 10.0. The molecule has 7 nitrogen and oxygen atoms in total. The molecule has 30 heavy (non-hydrogen) atoms. The van der Waals surface area contributed by atoms with Crippen molar-refractivity contribution in [1.82, 2.24) is 8.75 Å². The maximum absolute atomic E-state index is 12.5. The molecule has 0 bridgehead atoms. The first-order valence-corrected chi connectivity index (χ1v) is 12.0. The van der Waals surface area contributed by atoms with Crippen molar-refractivity contribution in [1.29, 1.82) is 0 Å². The van der Waals surface area contributed by atoms with Crippen LogP contribution in [0.1, 0.15) is 71.9 Å². The molecule has 1 aliphatic rings. The minimum atomic E-state index is -0.584. The van der Waals surface area contributed by atoms with Crippen molar-refractivity contribution in [2.45, 2.75) is 78.5 Å². The Morgan fingerprint density at radius 2 is 2.03 bits per heavy atom. The monoisotopic (exact) mass is 439 g/mol. The fourth-order valence-corrected chi connectivity index (χ4v) is 4.11. The summed E-state index contributed by atoms with van der Waals surface area (Å²) in [6, 6.07) is -0.584. The fraction of sp³-hybridized carbons (Fsp3) is 0.773. The summed E-state index contributed by atoms with van der Waals surface area (Å²) in [5, 5.41) is 0. The molecule has 8 heteroatoms. The Hall–Kier alpha value is -1.51. The first-order valence-electron chi connectivity index (χ1n) is 11.3. The van der Waals surface area contributed by atoms with Crippen LogP contribution in [0.2, 0.25) is 0 Å². The Morgan fingerprint density at radius 3 is 2.73 bits per heavy atom. The molecule has 2 heterocycles. The molecule has 0 saturated carbocycles. The summed E-state index contributed by atoms with van der Waals surface area (Å²) in [5.74, 6) is 0.406. The highest BCUT2D eigenvalue weighted by Crippen LogP contribution is 2.31. The molecule has 1 aliphatic heterocycles. The van der Waals surface area contributed by atoms with Crippen LogP contribution in [-0.4, -0.2) is 58.2 Å². The number of hydrogen-bond acceptors (Lipinski definition) is 7. The standard InChI is InChI=1S/C22H39N4O3S/c1-6-8-9-10-14-28-21-20(24-30-25-21)18-12-11-13-26(5,15-18)17(4)29-22(27)19(23)16(3)7-2/h12,16-17,19H,6-11,13-15,23H2,1-5H3/q+1/t16-,17+,19-,26?/m0/s1. The molecule has 0 radical (unpaired) electrons. The first kappa shape index (κ1) is 24.8. The number of quaternary nitrogens is 1. The van der Waals surface area contributed by atoms with E-state index in [1.54, 1.807) is 0 Å². The van der Waals surface area contributed by atoms with Crippen LogP contribution in [-0.2, 0) is 9.53 Å². The summed E-state index contributed by atoms with van der Waals surface area (Å²) in [7, 11) is 2.12. The molecule has 4 atom stereocenters. The van der Waals surface area contributed by atoms with E-state index in [0.29, 0.717) is 23.5 Å². The summed E-state index contributed by atoms with van der Waals surface area (Å²) < 4.78 is 21.2. The largest absolute Gasteiger partial charge is 0.475 e. The second kappa shape index (κ2) is 11.8. The van der Waals surface area contributed by atoms with Crippen LogP contribution in [0.5, 0.6) is 5.88 Å². The van der Waals surface area contributed by atoms with E-state index >= 15 is 0 Å². The maximum atomic E-state index is 12.5. The van der Waals surface area contributed by atoms with Crippen molar-refractivity contribution in [3.8, 4) is 5.88 Å². The van der Waals surface area contributed by atoms with Gasteiger partial charge in [0.05, 0.1) is 31.9 Å². The van der Waals surface area contributed by atoms with Crippen LogP contribution in [0, 0.1) is 5.92 Å².